The predicted molar refractivity (Wildman–Crippen MR) is 75.9 cm³/mol. The van der Waals surface area contributed by atoms with Crippen molar-refractivity contribution in [3.8, 4) is 0 Å². The van der Waals surface area contributed by atoms with Gasteiger partial charge in [0.25, 0.3) is 16.1 Å². The molecule has 1 saturated heterocycles. The Labute approximate surface area is 117 Å². The van der Waals surface area contributed by atoms with E-state index in [-0.39, 0.29) is 32.1 Å². The first-order chi connectivity index (χ1) is 9.27. The molecule has 1 fully saturated rings. The molecule has 9 heteroatoms. The summed E-state index contributed by atoms with van der Waals surface area (Å²) >= 11 is 0. The first-order valence-electron chi connectivity index (χ1n) is 6.00. The molecule has 0 aromatic heterocycles. The molecule has 0 atom stereocenters. The van der Waals surface area contributed by atoms with Gasteiger partial charge in [0.05, 0.1) is 0 Å². The molecule has 8 nitrogen and oxygen atoms in total. The third kappa shape index (κ3) is 3.18. The van der Waals surface area contributed by atoms with Crippen LogP contribution >= 0.6 is 0 Å². The molecule has 0 saturated carbocycles. The zero-order chi connectivity index (χ0) is 14.9. The van der Waals surface area contributed by atoms with Gasteiger partial charge in [-0.25, -0.2) is 5.14 Å². The number of carbonyl (C=O) groups is 1. The predicted octanol–water partition coefficient (Wildman–Crippen LogP) is -1.19. The number of rotatable bonds is 2. The minimum atomic E-state index is -3.70. The Hall–Kier alpha value is -1.84. The van der Waals surface area contributed by atoms with Gasteiger partial charge in [-0.3, -0.25) is 4.79 Å². The number of nitrogen functional groups attached to an aromatic ring is 2. The van der Waals surface area contributed by atoms with Gasteiger partial charge in [-0.05, 0) is 18.2 Å². The van der Waals surface area contributed by atoms with Gasteiger partial charge in [0.15, 0.2) is 0 Å². The molecule has 1 amide bonds. The second-order valence-electron chi connectivity index (χ2n) is 4.62. The highest BCUT2D eigenvalue weighted by Gasteiger charge is 2.27. The Kier molecular flexibility index (Phi) is 3.84. The van der Waals surface area contributed by atoms with E-state index in [9.17, 15) is 13.2 Å². The molecule has 6 N–H and O–H groups in total. The van der Waals surface area contributed by atoms with Gasteiger partial charge < -0.3 is 16.4 Å². The minimum Gasteiger partial charge on any atom is -0.399 e. The molecule has 0 aliphatic carbocycles. The number of piperazine rings is 1. The van der Waals surface area contributed by atoms with Crippen molar-refractivity contribution in [1.29, 1.82) is 0 Å². The molecule has 0 bridgehead atoms. The molecule has 1 aromatic rings. The number of hydrogen-bond donors (Lipinski definition) is 3. The summed E-state index contributed by atoms with van der Waals surface area (Å²) in [6, 6.07) is 4.66. The molecule has 1 aromatic carbocycles. The fourth-order valence-corrected chi connectivity index (χ4v) is 2.80. The van der Waals surface area contributed by atoms with Crippen LogP contribution in [-0.4, -0.2) is 49.7 Å². The summed E-state index contributed by atoms with van der Waals surface area (Å²) in [5.41, 5.74) is 12.5. The van der Waals surface area contributed by atoms with E-state index in [0.717, 1.165) is 4.31 Å². The van der Waals surface area contributed by atoms with Gasteiger partial charge in [0, 0.05) is 43.1 Å². The summed E-state index contributed by atoms with van der Waals surface area (Å²) < 4.78 is 23.5. The van der Waals surface area contributed by atoms with Crippen molar-refractivity contribution in [2.75, 3.05) is 37.6 Å². The maximum atomic E-state index is 12.3. The third-order valence-electron chi connectivity index (χ3n) is 3.11. The van der Waals surface area contributed by atoms with E-state index in [4.69, 9.17) is 16.6 Å². The maximum Gasteiger partial charge on any atom is 0.277 e. The maximum absolute atomic E-state index is 12.3. The number of hydrogen-bond acceptors (Lipinski definition) is 5. The van der Waals surface area contributed by atoms with Crippen molar-refractivity contribution in [3.05, 3.63) is 23.8 Å². The lowest BCUT2D eigenvalue weighted by atomic mass is 10.1. The van der Waals surface area contributed by atoms with Gasteiger partial charge in [0.1, 0.15) is 0 Å². The van der Waals surface area contributed by atoms with E-state index in [2.05, 4.69) is 0 Å². The third-order valence-corrected chi connectivity index (χ3v) is 4.20. The van der Waals surface area contributed by atoms with Crippen molar-refractivity contribution < 1.29 is 13.2 Å². The van der Waals surface area contributed by atoms with Crippen LogP contribution in [-0.2, 0) is 10.2 Å². The highest BCUT2D eigenvalue weighted by atomic mass is 32.2. The van der Waals surface area contributed by atoms with E-state index >= 15 is 0 Å². The Morgan fingerprint density at radius 1 is 1.00 bits per heavy atom. The lowest BCUT2D eigenvalue weighted by molar-refractivity contribution is 0.0698. The minimum absolute atomic E-state index is 0.183. The number of carbonyl (C=O) groups excluding carboxylic acids is 1. The van der Waals surface area contributed by atoms with Crippen molar-refractivity contribution in [2.45, 2.75) is 0 Å². The topological polar surface area (TPSA) is 136 Å². The summed E-state index contributed by atoms with van der Waals surface area (Å²) in [5, 5.41) is 5.04. The average molecular weight is 299 g/mol. The molecule has 20 heavy (non-hydrogen) atoms. The SMILES string of the molecule is Nc1cc(N)cc(C(=O)N2CCN(S(N)(=O)=O)CC2)c1. The molecule has 0 spiro atoms. The second kappa shape index (κ2) is 5.27. The first kappa shape index (κ1) is 14.6. The molecular weight excluding hydrogens is 282 g/mol. The van der Waals surface area contributed by atoms with E-state index in [1.54, 1.807) is 23.1 Å². The van der Waals surface area contributed by atoms with Crippen LogP contribution in [0, 0.1) is 0 Å². The largest absolute Gasteiger partial charge is 0.399 e. The molecule has 0 unspecified atom stereocenters. The molecule has 0 radical (unpaired) electrons. The fourth-order valence-electron chi connectivity index (χ4n) is 2.13. The number of nitrogens with two attached hydrogens (primary N) is 3. The molecule has 1 aliphatic rings. The summed E-state index contributed by atoms with van der Waals surface area (Å²) in [4.78, 5) is 13.8. The Morgan fingerprint density at radius 2 is 1.50 bits per heavy atom. The molecule has 2 rings (SSSR count). The van der Waals surface area contributed by atoms with Crippen molar-refractivity contribution in [1.82, 2.24) is 9.21 Å². The first-order valence-corrected chi connectivity index (χ1v) is 7.51. The summed E-state index contributed by atoms with van der Waals surface area (Å²) in [7, 11) is -3.70. The Bertz CT molecular complexity index is 603. The lowest BCUT2D eigenvalue weighted by Crippen LogP contribution is -2.52. The number of benzene rings is 1. The standard InChI is InChI=1S/C11H17N5O3S/c12-9-5-8(6-10(13)7-9)11(17)15-1-3-16(4-2-15)20(14,18)19/h5-7H,1-4,12-13H2,(H2,14,18,19). The average Bonchev–Trinajstić information content (AvgIpc) is 2.36. The molecule has 110 valence electrons. The van der Waals surface area contributed by atoms with E-state index in [0.29, 0.717) is 16.9 Å². The summed E-state index contributed by atoms with van der Waals surface area (Å²) in [6.45, 7) is 0.929. The summed E-state index contributed by atoms with van der Waals surface area (Å²) in [6.07, 6.45) is 0. The van der Waals surface area contributed by atoms with Crippen LogP contribution in [0.25, 0.3) is 0 Å². The quantitative estimate of drug-likeness (QED) is 0.590. The number of anilines is 2. The summed E-state index contributed by atoms with van der Waals surface area (Å²) in [5.74, 6) is -0.224. The van der Waals surface area contributed by atoms with E-state index in [1.807, 2.05) is 0 Å². The zero-order valence-corrected chi connectivity index (χ0v) is 11.6. The number of nitrogens with zero attached hydrogens (tertiary/aromatic N) is 2. The van der Waals surface area contributed by atoms with Crippen molar-refractivity contribution in [2.24, 2.45) is 5.14 Å². The van der Waals surface area contributed by atoms with Gasteiger partial charge in [0.2, 0.25) is 0 Å². The van der Waals surface area contributed by atoms with E-state index < -0.39 is 10.2 Å². The smallest absolute Gasteiger partial charge is 0.277 e. The Balaban J connectivity index is 2.09. The van der Waals surface area contributed by atoms with Gasteiger partial charge in [-0.15, -0.1) is 0 Å². The van der Waals surface area contributed by atoms with Crippen LogP contribution in [0.1, 0.15) is 10.4 Å². The van der Waals surface area contributed by atoms with Crippen LogP contribution in [0.3, 0.4) is 0 Å². The van der Waals surface area contributed by atoms with Crippen LogP contribution in [0.2, 0.25) is 0 Å². The van der Waals surface area contributed by atoms with Crippen molar-refractivity contribution in [3.63, 3.8) is 0 Å². The number of amides is 1. The molecular formula is C11H17N5O3S. The van der Waals surface area contributed by atoms with Gasteiger partial charge in [-0.2, -0.15) is 12.7 Å². The van der Waals surface area contributed by atoms with Crippen LogP contribution in [0.4, 0.5) is 11.4 Å². The normalized spacial score (nSPS) is 17.1. The molecule has 1 heterocycles. The highest BCUT2D eigenvalue weighted by molar-refractivity contribution is 7.86. The van der Waals surface area contributed by atoms with Crippen molar-refractivity contribution >= 4 is 27.5 Å². The van der Waals surface area contributed by atoms with Gasteiger partial charge in [-0.1, -0.05) is 0 Å². The highest BCUT2D eigenvalue weighted by Crippen LogP contribution is 2.16. The Morgan fingerprint density at radius 3 is 1.95 bits per heavy atom. The van der Waals surface area contributed by atoms with Gasteiger partial charge >= 0.3 is 0 Å². The van der Waals surface area contributed by atoms with Crippen LogP contribution in [0.5, 0.6) is 0 Å². The zero-order valence-electron chi connectivity index (χ0n) is 10.8. The second-order valence-corrected chi connectivity index (χ2v) is 6.17. The van der Waals surface area contributed by atoms with Crippen LogP contribution in [0.15, 0.2) is 18.2 Å². The molecule has 1 aliphatic heterocycles. The lowest BCUT2D eigenvalue weighted by Gasteiger charge is -2.33. The monoisotopic (exact) mass is 299 g/mol. The van der Waals surface area contributed by atoms with Crippen LogP contribution < -0.4 is 16.6 Å². The van der Waals surface area contributed by atoms with E-state index in [1.165, 1.54) is 0 Å². The fraction of sp³-hybridized carbons (Fsp3) is 0.364.